The number of nitrogens with zero attached hydrogens (tertiary/aromatic N) is 4. The van der Waals surface area contributed by atoms with Crippen LogP contribution in [0.4, 0.5) is 10.2 Å². The number of aliphatic hydroxyl groups excluding tert-OH is 1. The summed E-state index contributed by atoms with van der Waals surface area (Å²) in [6.07, 6.45) is 1.03. The number of halogens is 1. The van der Waals surface area contributed by atoms with Gasteiger partial charge >= 0.3 is 0 Å². The minimum atomic E-state index is -0.642. The SMILES string of the molecule is CN(C[C@@H]1CN(C[C@@H](O)c2ccc(F)cc2)CCO1)c1cccnn1. The van der Waals surface area contributed by atoms with Crippen LogP contribution < -0.4 is 4.90 Å². The lowest BCUT2D eigenvalue weighted by atomic mass is 10.1. The standard InChI is InChI=1S/C18H23FN4O2/c1-22(18-3-2-8-20-21-18)11-16-12-23(9-10-25-16)13-17(24)14-4-6-15(19)7-5-14/h2-8,16-17,24H,9-13H2,1H3/t16-,17-/m1/s1. The third kappa shape index (κ3) is 4.94. The highest BCUT2D eigenvalue weighted by Crippen LogP contribution is 2.17. The molecule has 0 saturated carbocycles. The van der Waals surface area contributed by atoms with E-state index in [2.05, 4.69) is 15.1 Å². The van der Waals surface area contributed by atoms with Crippen LogP contribution in [0.2, 0.25) is 0 Å². The van der Waals surface area contributed by atoms with Gasteiger partial charge in [0, 0.05) is 39.4 Å². The minimum absolute atomic E-state index is 0.0289. The van der Waals surface area contributed by atoms with E-state index in [0.717, 1.165) is 24.5 Å². The predicted octanol–water partition coefficient (Wildman–Crippen LogP) is 1.49. The molecule has 1 aliphatic rings. The maximum absolute atomic E-state index is 13.0. The molecule has 0 radical (unpaired) electrons. The molecule has 1 saturated heterocycles. The molecule has 0 spiro atoms. The Morgan fingerprint density at radius 1 is 1.36 bits per heavy atom. The van der Waals surface area contributed by atoms with Crippen LogP contribution in [0.3, 0.4) is 0 Å². The normalized spacial score (nSPS) is 19.6. The van der Waals surface area contributed by atoms with Gasteiger partial charge in [0.25, 0.3) is 0 Å². The number of anilines is 1. The molecule has 0 bridgehead atoms. The maximum atomic E-state index is 13.0. The fourth-order valence-electron chi connectivity index (χ4n) is 2.99. The van der Waals surface area contributed by atoms with E-state index < -0.39 is 6.10 Å². The lowest BCUT2D eigenvalue weighted by Gasteiger charge is -2.35. The van der Waals surface area contributed by atoms with Gasteiger partial charge in [-0.2, -0.15) is 5.10 Å². The first-order valence-corrected chi connectivity index (χ1v) is 8.38. The Hall–Kier alpha value is -2.09. The Balaban J connectivity index is 1.53. The van der Waals surface area contributed by atoms with Gasteiger partial charge in [0.15, 0.2) is 5.82 Å². The first kappa shape index (κ1) is 17.7. The summed E-state index contributed by atoms with van der Waals surface area (Å²) in [5, 5.41) is 18.4. The average Bonchev–Trinajstić information content (AvgIpc) is 2.63. The van der Waals surface area contributed by atoms with Gasteiger partial charge in [-0.05, 0) is 29.8 Å². The molecule has 3 rings (SSSR count). The Labute approximate surface area is 146 Å². The van der Waals surface area contributed by atoms with Gasteiger partial charge in [0.2, 0.25) is 0 Å². The highest BCUT2D eigenvalue weighted by atomic mass is 19.1. The van der Waals surface area contributed by atoms with Crippen molar-refractivity contribution in [3.05, 3.63) is 54.0 Å². The summed E-state index contributed by atoms with van der Waals surface area (Å²) in [6.45, 7) is 3.31. The molecule has 0 aliphatic carbocycles. The third-order valence-corrected chi connectivity index (χ3v) is 4.34. The van der Waals surface area contributed by atoms with Gasteiger partial charge in [-0.3, -0.25) is 4.90 Å². The molecule has 134 valence electrons. The van der Waals surface area contributed by atoms with E-state index in [1.807, 2.05) is 24.1 Å². The highest BCUT2D eigenvalue weighted by Gasteiger charge is 2.24. The van der Waals surface area contributed by atoms with Gasteiger partial charge in [0.1, 0.15) is 5.82 Å². The molecule has 1 N–H and O–H groups in total. The van der Waals surface area contributed by atoms with Crippen LogP contribution >= 0.6 is 0 Å². The monoisotopic (exact) mass is 346 g/mol. The largest absolute Gasteiger partial charge is 0.387 e. The zero-order valence-corrected chi connectivity index (χ0v) is 14.3. The van der Waals surface area contributed by atoms with Crippen molar-refractivity contribution in [3.8, 4) is 0 Å². The van der Waals surface area contributed by atoms with Gasteiger partial charge in [-0.1, -0.05) is 12.1 Å². The molecule has 2 aromatic rings. The van der Waals surface area contributed by atoms with Gasteiger partial charge in [0.05, 0.1) is 18.8 Å². The number of hydrogen-bond acceptors (Lipinski definition) is 6. The van der Waals surface area contributed by atoms with Crippen molar-refractivity contribution >= 4 is 5.82 Å². The zero-order valence-electron chi connectivity index (χ0n) is 14.3. The molecule has 7 heteroatoms. The molecule has 2 atom stereocenters. The van der Waals surface area contributed by atoms with Crippen LogP contribution in [0, 0.1) is 5.82 Å². The number of hydrogen-bond donors (Lipinski definition) is 1. The Bertz CT molecular complexity index is 656. The summed E-state index contributed by atoms with van der Waals surface area (Å²) in [6, 6.07) is 9.75. The highest BCUT2D eigenvalue weighted by molar-refractivity contribution is 5.35. The van der Waals surface area contributed by atoms with Crippen molar-refractivity contribution < 1.29 is 14.2 Å². The Morgan fingerprint density at radius 2 is 2.16 bits per heavy atom. The van der Waals surface area contributed by atoms with E-state index in [-0.39, 0.29) is 11.9 Å². The summed E-state index contributed by atoms with van der Waals surface area (Å²) >= 11 is 0. The molecule has 6 nitrogen and oxygen atoms in total. The number of likely N-dealkylation sites (N-methyl/N-ethyl adjacent to an activating group) is 1. The van der Waals surface area contributed by atoms with E-state index in [0.29, 0.717) is 19.7 Å². The lowest BCUT2D eigenvalue weighted by molar-refractivity contribution is -0.0365. The van der Waals surface area contributed by atoms with Crippen LogP contribution in [-0.4, -0.2) is 66.1 Å². The van der Waals surface area contributed by atoms with Crippen molar-refractivity contribution in [2.45, 2.75) is 12.2 Å². The number of β-amino-alcohol motifs (C(OH)–C–C–N with tert-alkyl or cyclic N) is 1. The van der Waals surface area contributed by atoms with Crippen molar-refractivity contribution in [1.82, 2.24) is 15.1 Å². The van der Waals surface area contributed by atoms with E-state index in [9.17, 15) is 9.50 Å². The molecule has 2 heterocycles. The fraction of sp³-hybridized carbons (Fsp3) is 0.444. The number of benzene rings is 1. The van der Waals surface area contributed by atoms with Crippen molar-refractivity contribution in [2.75, 3.05) is 44.7 Å². The van der Waals surface area contributed by atoms with E-state index in [1.165, 1.54) is 12.1 Å². The molecular formula is C18H23FN4O2. The third-order valence-electron chi connectivity index (χ3n) is 4.34. The van der Waals surface area contributed by atoms with E-state index >= 15 is 0 Å². The number of aliphatic hydroxyl groups is 1. The molecule has 1 aliphatic heterocycles. The average molecular weight is 346 g/mol. The van der Waals surface area contributed by atoms with Gasteiger partial charge < -0.3 is 14.7 Å². The van der Waals surface area contributed by atoms with E-state index in [1.54, 1.807) is 18.3 Å². The minimum Gasteiger partial charge on any atom is -0.387 e. The summed E-state index contributed by atoms with van der Waals surface area (Å²) in [5.41, 5.74) is 0.723. The fourth-order valence-corrected chi connectivity index (χ4v) is 2.99. The van der Waals surface area contributed by atoms with Crippen molar-refractivity contribution in [3.63, 3.8) is 0 Å². The summed E-state index contributed by atoms with van der Waals surface area (Å²) < 4.78 is 18.8. The van der Waals surface area contributed by atoms with Crippen LogP contribution in [0.1, 0.15) is 11.7 Å². The molecular weight excluding hydrogens is 323 g/mol. The van der Waals surface area contributed by atoms with Crippen molar-refractivity contribution in [2.24, 2.45) is 0 Å². The topological polar surface area (TPSA) is 61.7 Å². The second-order valence-corrected chi connectivity index (χ2v) is 6.28. The molecule has 1 aromatic carbocycles. The first-order chi connectivity index (χ1) is 12.1. The summed E-state index contributed by atoms with van der Waals surface area (Å²) in [7, 11) is 1.96. The molecule has 0 amide bonds. The number of rotatable bonds is 6. The van der Waals surface area contributed by atoms with Gasteiger partial charge in [-0.25, -0.2) is 4.39 Å². The van der Waals surface area contributed by atoms with Crippen LogP contribution in [-0.2, 0) is 4.74 Å². The molecule has 1 fully saturated rings. The lowest BCUT2D eigenvalue weighted by Crippen LogP contribution is -2.48. The molecule has 0 unspecified atom stereocenters. The Kier molecular flexibility index (Phi) is 5.91. The zero-order chi connectivity index (χ0) is 17.6. The van der Waals surface area contributed by atoms with Gasteiger partial charge in [-0.15, -0.1) is 5.10 Å². The second kappa shape index (κ2) is 8.33. The first-order valence-electron chi connectivity index (χ1n) is 8.38. The van der Waals surface area contributed by atoms with Crippen molar-refractivity contribution in [1.29, 1.82) is 0 Å². The predicted molar refractivity (Wildman–Crippen MR) is 92.8 cm³/mol. The summed E-state index contributed by atoms with van der Waals surface area (Å²) in [5.74, 6) is 0.504. The van der Waals surface area contributed by atoms with E-state index in [4.69, 9.17) is 4.74 Å². The smallest absolute Gasteiger partial charge is 0.151 e. The summed E-state index contributed by atoms with van der Waals surface area (Å²) in [4.78, 5) is 4.18. The quantitative estimate of drug-likeness (QED) is 0.855. The van der Waals surface area contributed by atoms with Crippen LogP contribution in [0.5, 0.6) is 0 Å². The molecule has 1 aromatic heterocycles. The number of aromatic nitrogens is 2. The Morgan fingerprint density at radius 3 is 2.88 bits per heavy atom. The van der Waals surface area contributed by atoms with Crippen LogP contribution in [0.15, 0.2) is 42.6 Å². The van der Waals surface area contributed by atoms with Crippen LogP contribution in [0.25, 0.3) is 0 Å². The maximum Gasteiger partial charge on any atom is 0.151 e. The number of ether oxygens (including phenoxy) is 1. The second-order valence-electron chi connectivity index (χ2n) is 6.28. The molecule has 25 heavy (non-hydrogen) atoms. The number of morpholine rings is 1.